The molecule has 1 aliphatic heterocycles. The number of carbonyl (C=O) groups excluding carboxylic acids is 1. The lowest BCUT2D eigenvalue weighted by molar-refractivity contribution is 0.0509. The topological polar surface area (TPSA) is 84.7 Å². The van der Waals surface area contributed by atoms with Gasteiger partial charge in [0.15, 0.2) is 11.5 Å². The summed E-state index contributed by atoms with van der Waals surface area (Å²) in [6.07, 6.45) is 5.43. The van der Waals surface area contributed by atoms with Crippen LogP contribution in [0.2, 0.25) is 0 Å². The molecule has 0 radical (unpaired) electrons. The number of aromatic nitrogens is 4. The Kier molecular flexibility index (Phi) is 3.59. The summed E-state index contributed by atoms with van der Waals surface area (Å²) in [7, 11) is 0. The summed E-state index contributed by atoms with van der Waals surface area (Å²) in [5.74, 6) is 0.786. The molecule has 2 aromatic rings. The highest BCUT2D eigenvalue weighted by molar-refractivity contribution is 5.69. The van der Waals surface area contributed by atoms with Gasteiger partial charge in [0.25, 0.3) is 0 Å². The molecule has 1 amide bonds. The molecule has 1 fully saturated rings. The highest BCUT2D eigenvalue weighted by Crippen LogP contribution is 2.21. The highest BCUT2D eigenvalue weighted by atomic mass is 16.6. The third kappa shape index (κ3) is 3.10. The fourth-order valence-corrected chi connectivity index (χ4v) is 2.51. The molecule has 8 heteroatoms. The Balaban J connectivity index is 1.65. The smallest absolute Gasteiger partial charge is 0.407 e. The Labute approximate surface area is 128 Å². The van der Waals surface area contributed by atoms with E-state index in [0.29, 0.717) is 6.54 Å². The molecule has 0 bridgehead atoms. The molecule has 3 rings (SSSR count). The molecule has 0 saturated carbocycles. The molecule has 1 N–H and O–H groups in total. The van der Waals surface area contributed by atoms with Crippen molar-refractivity contribution in [2.45, 2.75) is 38.8 Å². The van der Waals surface area contributed by atoms with Crippen LogP contribution in [0, 0.1) is 0 Å². The zero-order valence-electron chi connectivity index (χ0n) is 13.0. The van der Waals surface area contributed by atoms with E-state index in [2.05, 4.69) is 25.3 Å². The molecule has 0 aromatic carbocycles. The lowest BCUT2D eigenvalue weighted by Crippen LogP contribution is -2.40. The molecule has 0 unspecified atom stereocenters. The van der Waals surface area contributed by atoms with Crippen LogP contribution in [-0.2, 0) is 4.74 Å². The number of nitrogens with one attached hydrogen (secondary N) is 1. The predicted octanol–water partition coefficient (Wildman–Crippen LogP) is 1.23. The van der Waals surface area contributed by atoms with Crippen molar-refractivity contribution in [2.75, 3.05) is 18.0 Å². The maximum Gasteiger partial charge on any atom is 0.407 e. The number of anilines is 1. The fourth-order valence-electron chi connectivity index (χ4n) is 2.51. The summed E-state index contributed by atoms with van der Waals surface area (Å²) in [6, 6.07) is 0.0415. The molecule has 0 spiro atoms. The monoisotopic (exact) mass is 304 g/mol. The average molecular weight is 304 g/mol. The van der Waals surface area contributed by atoms with Gasteiger partial charge < -0.3 is 15.0 Å². The summed E-state index contributed by atoms with van der Waals surface area (Å²) in [5.41, 5.74) is 0.234. The Morgan fingerprint density at radius 2 is 2.23 bits per heavy atom. The van der Waals surface area contributed by atoms with Crippen LogP contribution in [-0.4, -0.2) is 50.4 Å². The summed E-state index contributed by atoms with van der Waals surface area (Å²) in [4.78, 5) is 22.6. The second-order valence-corrected chi connectivity index (χ2v) is 6.36. The standard InChI is InChI=1S/C14H20N6O2/c1-14(2,3)22-13(21)18-10-4-6-19(8-10)11-12-16-9-17-20(12)7-5-15-11/h5,7,9-10H,4,6,8H2,1-3H3,(H,18,21)/t10-/m0/s1. The predicted molar refractivity (Wildman–Crippen MR) is 80.8 cm³/mol. The first-order valence-corrected chi connectivity index (χ1v) is 7.31. The van der Waals surface area contributed by atoms with Gasteiger partial charge >= 0.3 is 6.09 Å². The van der Waals surface area contributed by atoms with Gasteiger partial charge in [-0.15, -0.1) is 0 Å². The van der Waals surface area contributed by atoms with Crippen molar-refractivity contribution < 1.29 is 9.53 Å². The number of carbonyl (C=O) groups is 1. The molecule has 8 nitrogen and oxygen atoms in total. The van der Waals surface area contributed by atoms with Crippen molar-refractivity contribution in [1.82, 2.24) is 24.9 Å². The number of hydrogen-bond donors (Lipinski definition) is 1. The molecule has 3 heterocycles. The van der Waals surface area contributed by atoms with E-state index in [1.165, 1.54) is 6.33 Å². The van der Waals surface area contributed by atoms with Gasteiger partial charge in [-0.1, -0.05) is 0 Å². The minimum absolute atomic E-state index is 0.0415. The highest BCUT2D eigenvalue weighted by Gasteiger charge is 2.28. The van der Waals surface area contributed by atoms with E-state index < -0.39 is 5.60 Å². The molecule has 1 aliphatic rings. The third-order valence-electron chi connectivity index (χ3n) is 3.39. The Hall–Kier alpha value is -2.38. The van der Waals surface area contributed by atoms with Crippen LogP contribution in [0.5, 0.6) is 0 Å². The third-order valence-corrected chi connectivity index (χ3v) is 3.39. The van der Waals surface area contributed by atoms with Crippen LogP contribution in [0.1, 0.15) is 27.2 Å². The van der Waals surface area contributed by atoms with E-state index in [9.17, 15) is 4.79 Å². The van der Waals surface area contributed by atoms with Gasteiger partial charge in [-0.2, -0.15) is 5.10 Å². The number of alkyl carbamates (subject to hydrolysis) is 1. The number of amides is 1. The van der Waals surface area contributed by atoms with Crippen molar-refractivity contribution in [3.05, 3.63) is 18.7 Å². The quantitative estimate of drug-likeness (QED) is 0.898. The molecule has 2 aromatic heterocycles. The Morgan fingerprint density at radius 1 is 1.41 bits per heavy atom. The average Bonchev–Trinajstić information content (AvgIpc) is 3.04. The van der Waals surface area contributed by atoms with E-state index >= 15 is 0 Å². The van der Waals surface area contributed by atoms with Crippen molar-refractivity contribution in [2.24, 2.45) is 0 Å². The SMILES string of the molecule is CC(C)(C)OC(=O)N[C@H]1CCN(c2nccn3ncnc23)C1. The van der Waals surface area contributed by atoms with E-state index in [-0.39, 0.29) is 12.1 Å². The van der Waals surface area contributed by atoms with E-state index in [0.717, 1.165) is 24.4 Å². The lowest BCUT2D eigenvalue weighted by atomic mass is 10.2. The van der Waals surface area contributed by atoms with Crippen LogP contribution in [0.25, 0.3) is 5.65 Å². The van der Waals surface area contributed by atoms with Crippen LogP contribution in [0.4, 0.5) is 10.6 Å². The second-order valence-electron chi connectivity index (χ2n) is 6.36. The normalized spacial score (nSPS) is 18.7. The van der Waals surface area contributed by atoms with Gasteiger partial charge in [0.05, 0.1) is 6.04 Å². The van der Waals surface area contributed by atoms with E-state index in [1.807, 2.05) is 20.8 Å². The Bertz CT molecular complexity index is 677. The van der Waals surface area contributed by atoms with Gasteiger partial charge in [-0.05, 0) is 27.2 Å². The van der Waals surface area contributed by atoms with Crippen molar-refractivity contribution in [3.63, 3.8) is 0 Å². The first-order valence-electron chi connectivity index (χ1n) is 7.31. The zero-order chi connectivity index (χ0) is 15.7. The second kappa shape index (κ2) is 5.43. The Morgan fingerprint density at radius 3 is 3.00 bits per heavy atom. The minimum Gasteiger partial charge on any atom is -0.444 e. The number of nitrogens with zero attached hydrogens (tertiary/aromatic N) is 5. The minimum atomic E-state index is -0.489. The van der Waals surface area contributed by atoms with Crippen molar-refractivity contribution >= 4 is 17.6 Å². The largest absolute Gasteiger partial charge is 0.444 e. The maximum atomic E-state index is 11.8. The van der Waals surface area contributed by atoms with Crippen LogP contribution < -0.4 is 10.2 Å². The first-order chi connectivity index (χ1) is 10.4. The molecule has 1 atom stereocenters. The number of hydrogen-bond acceptors (Lipinski definition) is 6. The van der Waals surface area contributed by atoms with E-state index in [4.69, 9.17) is 4.74 Å². The summed E-state index contributed by atoms with van der Waals surface area (Å²) < 4.78 is 6.98. The van der Waals surface area contributed by atoms with Gasteiger partial charge in [0, 0.05) is 25.5 Å². The van der Waals surface area contributed by atoms with Gasteiger partial charge in [-0.3, -0.25) is 0 Å². The van der Waals surface area contributed by atoms with Crippen molar-refractivity contribution in [1.29, 1.82) is 0 Å². The first kappa shape index (κ1) is 14.6. The molecule has 118 valence electrons. The van der Waals surface area contributed by atoms with Crippen LogP contribution in [0.3, 0.4) is 0 Å². The molecular formula is C14H20N6O2. The molecule has 22 heavy (non-hydrogen) atoms. The van der Waals surface area contributed by atoms with Gasteiger partial charge in [0.1, 0.15) is 11.9 Å². The van der Waals surface area contributed by atoms with Crippen LogP contribution >= 0.6 is 0 Å². The number of ether oxygens (including phenoxy) is 1. The molecule has 0 aliphatic carbocycles. The zero-order valence-corrected chi connectivity index (χ0v) is 13.0. The lowest BCUT2D eigenvalue weighted by Gasteiger charge is -2.22. The summed E-state index contributed by atoms with van der Waals surface area (Å²) in [5, 5.41) is 7.01. The van der Waals surface area contributed by atoms with Crippen LogP contribution in [0.15, 0.2) is 18.7 Å². The molecule has 1 saturated heterocycles. The summed E-state index contributed by atoms with van der Waals surface area (Å²) in [6.45, 7) is 7.04. The summed E-state index contributed by atoms with van der Waals surface area (Å²) >= 11 is 0. The van der Waals surface area contributed by atoms with Gasteiger partial charge in [-0.25, -0.2) is 19.3 Å². The number of fused-ring (bicyclic) bond motifs is 1. The van der Waals surface area contributed by atoms with Crippen molar-refractivity contribution in [3.8, 4) is 0 Å². The van der Waals surface area contributed by atoms with Gasteiger partial charge in [0.2, 0.25) is 0 Å². The number of rotatable bonds is 2. The maximum absolute atomic E-state index is 11.8. The fraction of sp³-hybridized carbons (Fsp3) is 0.571. The molecular weight excluding hydrogens is 284 g/mol. The van der Waals surface area contributed by atoms with E-state index in [1.54, 1.807) is 16.9 Å².